The molecule has 0 aromatic carbocycles. The number of hydrogen-bond donors (Lipinski definition) is 1. The minimum atomic E-state index is -0.201. The van der Waals surface area contributed by atoms with Crippen molar-refractivity contribution in [2.75, 3.05) is 19.7 Å². The van der Waals surface area contributed by atoms with Crippen LogP contribution in [0.3, 0.4) is 0 Å². The number of likely N-dealkylation sites (tertiary alicyclic amines) is 1. The fraction of sp³-hybridized carbons (Fsp3) is 0.600. The molecule has 150 valence electrons. The predicted molar refractivity (Wildman–Crippen MR) is 111 cm³/mol. The maximum Gasteiger partial charge on any atom is 0.409 e. The van der Waals surface area contributed by atoms with Crippen LogP contribution in [-0.4, -0.2) is 42.6 Å². The van der Waals surface area contributed by atoms with Crippen molar-refractivity contribution < 1.29 is 14.3 Å². The second-order valence-electron chi connectivity index (χ2n) is 6.93. The van der Waals surface area contributed by atoms with Gasteiger partial charge in [-0.2, -0.15) is 0 Å². The number of unbranched alkanes of at least 4 members (excludes halogenated alkanes) is 1. The molecular weight excluding hydrogens is 384 g/mol. The number of carbonyl (C=O) groups is 2. The number of hydrogen-bond acceptors (Lipinski definition) is 4. The third-order valence-electron chi connectivity index (χ3n) is 4.80. The van der Waals surface area contributed by atoms with Gasteiger partial charge in [-0.1, -0.05) is 31.0 Å². The Morgan fingerprint density at radius 1 is 1.44 bits per heavy atom. The minimum absolute atomic E-state index is 0.0453. The van der Waals surface area contributed by atoms with Crippen molar-refractivity contribution in [3.63, 3.8) is 0 Å². The standard InChI is InChI=1S/C20H29ClN2O3S/c1-3-5-13-26-20(25)23-11-9-15(10-12-23)14-16(6-4-2)22-19(24)17-7-8-18(21)27-17/h4,7-8,15-16H,2-3,5-6,9-14H2,1H3,(H,22,24). The van der Waals surface area contributed by atoms with E-state index in [0.717, 1.165) is 38.5 Å². The Morgan fingerprint density at radius 3 is 2.78 bits per heavy atom. The van der Waals surface area contributed by atoms with Gasteiger partial charge in [-0.05, 0) is 50.2 Å². The van der Waals surface area contributed by atoms with Gasteiger partial charge in [-0.25, -0.2) is 4.79 Å². The monoisotopic (exact) mass is 412 g/mol. The summed E-state index contributed by atoms with van der Waals surface area (Å²) < 4.78 is 5.90. The van der Waals surface area contributed by atoms with Crippen LogP contribution in [0.25, 0.3) is 0 Å². The maximum atomic E-state index is 12.4. The lowest BCUT2D eigenvalue weighted by molar-refractivity contribution is 0.0837. The van der Waals surface area contributed by atoms with E-state index < -0.39 is 0 Å². The van der Waals surface area contributed by atoms with Gasteiger partial charge in [0.2, 0.25) is 0 Å². The molecule has 2 rings (SSSR count). The van der Waals surface area contributed by atoms with E-state index in [9.17, 15) is 9.59 Å². The summed E-state index contributed by atoms with van der Waals surface area (Å²) in [7, 11) is 0. The Bertz CT molecular complexity index is 626. The normalized spacial score (nSPS) is 16.0. The first-order valence-corrected chi connectivity index (χ1v) is 10.8. The average Bonchev–Trinajstić information content (AvgIpc) is 3.09. The van der Waals surface area contributed by atoms with Crippen LogP contribution in [0.5, 0.6) is 0 Å². The van der Waals surface area contributed by atoms with Crippen LogP contribution in [0.1, 0.15) is 55.1 Å². The fourth-order valence-electron chi connectivity index (χ4n) is 3.26. The van der Waals surface area contributed by atoms with E-state index in [1.165, 1.54) is 11.3 Å². The van der Waals surface area contributed by atoms with E-state index in [1.54, 1.807) is 17.0 Å². The summed E-state index contributed by atoms with van der Waals surface area (Å²) in [5.74, 6) is 0.387. The Balaban J connectivity index is 1.79. The Hall–Kier alpha value is -1.53. The summed E-state index contributed by atoms with van der Waals surface area (Å²) in [6.45, 7) is 7.81. The zero-order valence-corrected chi connectivity index (χ0v) is 17.5. The zero-order chi connectivity index (χ0) is 19.6. The predicted octanol–water partition coefficient (Wildman–Crippen LogP) is 5.11. The second-order valence-corrected chi connectivity index (χ2v) is 8.65. The van der Waals surface area contributed by atoms with Gasteiger partial charge in [-0.15, -0.1) is 17.9 Å². The molecule has 0 radical (unpaired) electrons. The molecule has 1 aliphatic heterocycles. The summed E-state index contributed by atoms with van der Waals surface area (Å²) in [6.07, 6.45) is 7.03. The molecule has 0 aliphatic carbocycles. The largest absolute Gasteiger partial charge is 0.449 e. The van der Waals surface area contributed by atoms with E-state index in [-0.39, 0.29) is 18.0 Å². The van der Waals surface area contributed by atoms with Gasteiger partial charge in [0, 0.05) is 19.1 Å². The third-order valence-corrected chi connectivity index (χ3v) is 6.03. The van der Waals surface area contributed by atoms with Crippen LogP contribution < -0.4 is 5.32 Å². The number of piperidine rings is 1. The highest BCUT2D eigenvalue weighted by Gasteiger charge is 2.26. The molecule has 1 N–H and O–H groups in total. The number of nitrogens with zero attached hydrogens (tertiary/aromatic N) is 1. The molecule has 7 heteroatoms. The van der Waals surface area contributed by atoms with Crippen LogP contribution in [0.4, 0.5) is 4.79 Å². The number of amides is 2. The molecule has 1 aromatic rings. The number of carbonyl (C=O) groups excluding carboxylic acids is 2. The fourth-order valence-corrected chi connectivity index (χ4v) is 4.20. The van der Waals surface area contributed by atoms with E-state index >= 15 is 0 Å². The third kappa shape index (κ3) is 7.18. The first kappa shape index (κ1) is 21.8. The van der Waals surface area contributed by atoms with Crippen LogP contribution in [0.15, 0.2) is 24.8 Å². The van der Waals surface area contributed by atoms with Crippen LogP contribution in [0, 0.1) is 5.92 Å². The number of ether oxygens (including phenoxy) is 1. The Morgan fingerprint density at radius 2 is 2.19 bits per heavy atom. The van der Waals surface area contributed by atoms with E-state index in [0.29, 0.717) is 34.8 Å². The van der Waals surface area contributed by atoms with Gasteiger partial charge in [0.25, 0.3) is 5.91 Å². The van der Waals surface area contributed by atoms with Gasteiger partial charge >= 0.3 is 6.09 Å². The van der Waals surface area contributed by atoms with Crippen molar-refractivity contribution in [1.82, 2.24) is 10.2 Å². The number of rotatable bonds is 9. The van der Waals surface area contributed by atoms with E-state index in [4.69, 9.17) is 16.3 Å². The van der Waals surface area contributed by atoms with Crippen molar-refractivity contribution in [3.05, 3.63) is 34.0 Å². The zero-order valence-electron chi connectivity index (χ0n) is 15.9. The van der Waals surface area contributed by atoms with Crippen LogP contribution in [-0.2, 0) is 4.74 Å². The van der Waals surface area contributed by atoms with Crippen molar-refractivity contribution in [2.45, 2.75) is 51.5 Å². The summed E-state index contributed by atoms with van der Waals surface area (Å²) in [4.78, 5) is 26.8. The highest BCUT2D eigenvalue weighted by Crippen LogP contribution is 2.25. The smallest absolute Gasteiger partial charge is 0.409 e. The Labute approximate surface area is 170 Å². The first-order chi connectivity index (χ1) is 13.0. The second kappa shape index (κ2) is 11.3. The molecule has 2 heterocycles. The molecule has 1 aliphatic rings. The summed E-state index contributed by atoms with van der Waals surface area (Å²) >= 11 is 7.20. The molecule has 5 nitrogen and oxygen atoms in total. The molecule has 1 unspecified atom stereocenters. The number of thiophene rings is 1. The topological polar surface area (TPSA) is 58.6 Å². The summed E-state index contributed by atoms with van der Waals surface area (Å²) in [5.41, 5.74) is 0. The van der Waals surface area contributed by atoms with Crippen LogP contribution in [0.2, 0.25) is 4.34 Å². The quantitative estimate of drug-likeness (QED) is 0.452. The van der Waals surface area contributed by atoms with Gasteiger partial charge in [-0.3, -0.25) is 4.79 Å². The highest BCUT2D eigenvalue weighted by atomic mass is 35.5. The number of nitrogens with one attached hydrogen (secondary N) is 1. The molecule has 0 saturated carbocycles. The van der Waals surface area contributed by atoms with Gasteiger partial charge in [0.05, 0.1) is 15.8 Å². The molecule has 27 heavy (non-hydrogen) atoms. The SMILES string of the molecule is C=CCC(CC1CCN(C(=O)OCCCC)CC1)NC(=O)c1ccc(Cl)s1. The molecule has 2 amide bonds. The molecule has 1 saturated heterocycles. The van der Waals surface area contributed by atoms with Crippen LogP contribution >= 0.6 is 22.9 Å². The molecule has 0 spiro atoms. The van der Waals surface area contributed by atoms with Gasteiger partial charge < -0.3 is 15.0 Å². The first-order valence-electron chi connectivity index (χ1n) is 9.62. The highest BCUT2D eigenvalue weighted by molar-refractivity contribution is 7.18. The summed E-state index contributed by atoms with van der Waals surface area (Å²) in [5, 5.41) is 3.10. The number of halogens is 1. The average molecular weight is 413 g/mol. The molecule has 1 aromatic heterocycles. The van der Waals surface area contributed by atoms with Crippen molar-refractivity contribution >= 4 is 34.9 Å². The molecule has 0 bridgehead atoms. The van der Waals surface area contributed by atoms with Crippen molar-refractivity contribution in [1.29, 1.82) is 0 Å². The lowest BCUT2D eigenvalue weighted by Gasteiger charge is -2.33. The van der Waals surface area contributed by atoms with Gasteiger partial charge in [0.1, 0.15) is 0 Å². The molecular formula is C20H29ClN2O3S. The molecule has 1 fully saturated rings. The van der Waals surface area contributed by atoms with Crippen molar-refractivity contribution in [2.24, 2.45) is 5.92 Å². The summed E-state index contributed by atoms with van der Waals surface area (Å²) in [6, 6.07) is 3.53. The lowest BCUT2D eigenvalue weighted by atomic mass is 9.89. The van der Waals surface area contributed by atoms with E-state index in [2.05, 4.69) is 18.8 Å². The Kier molecular flexibility index (Phi) is 9.15. The minimum Gasteiger partial charge on any atom is -0.449 e. The van der Waals surface area contributed by atoms with Gasteiger partial charge in [0.15, 0.2) is 0 Å². The van der Waals surface area contributed by atoms with Crippen molar-refractivity contribution in [3.8, 4) is 0 Å². The molecule has 1 atom stereocenters. The maximum absolute atomic E-state index is 12.4. The van der Waals surface area contributed by atoms with E-state index in [1.807, 2.05) is 6.08 Å². The lowest BCUT2D eigenvalue weighted by Crippen LogP contribution is -2.41.